The Morgan fingerprint density at radius 3 is 2.44 bits per heavy atom. The molecule has 8 atom stereocenters. The van der Waals surface area contributed by atoms with Crippen LogP contribution in [0.4, 0.5) is 0 Å². The van der Waals surface area contributed by atoms with Crippen LogP contribution in [0.15, 0.2) is 0 Å². The lowest BCUT2D eigenvalue weighted by atomic mass is 9.61. The molecule has 0 aromatic heterocycles. The Morgan fingerprint density at radius 2 is 1.84 bits per heavy atom. The molecule has 0 spiro atoms. The van der Waals surface area contributed by atoms with Crippen molar-refractivity contribution in [2.24, 2.45) is 17.3 Å². The fourth-order valence-electron chi connectivity index (χ4n) is 4.54. The van der Waals surface area contributed by atoms with Crippen LogP contribution in [0.1, 0.15) is 46.5 Å². The maximum absolute atomic E-state index is 10.00. The maximum atomic E-state index is 10.00. The van der Waals surface area contributed by atoms with Crippen molar-refractivity contribution in [2.45, 2.75) is 83.3 Å². The molecule has 2 rings (SSSR count). The Labute approximate surface area is 149 Å². The highest BCUT2D eigenvalue weighted by atomic mass is 16.7. The SMILES string of the molecule is C[C@@H]1C[C@H](O)CC(C)(C)[C@H]1CC[C@H](CO)O[C@@H]1OC[C@@H](O)[C@H](O)[C@H]1O. The zero-order chi connectivity index (χ0) is 18.8. The van der Waals surface area contributed by atoms with Gasteiger partial charge in [0.2, 0.25) is 0 Å². The molecule has 0 unspecified atom stereocenters. The van der Waals surface area contributed by atoms with Crippen LogP contribution in [0, 0.1) is 17.3 Å². The minimum absolute atomic E-state index is 0.0121. The number of aliphatic hydroxyl groups excluding tert-OH is 5. The van der Waals surface area contributed by atoms with E-state index in [1.54, 1.807) is 0 Å². The highest BCUT2D eigenvalue weighted by Gasteiger charge is 2.42. The quantitative estimate of drug-likeness (QED) is 0.452. The van der Waals surface area contributed by atoms with Gasteiger partial charge in [-0.15, -0.1) is 0 Å². The third kappa shape index (κ3) is 5.13. The van der Waals surface area contributed by atoms with Crippen LogP contribution in [0.5, 0.6) is 0 Å². The Kier molecular flexibility index (Phi) is 7.24. The van der Waals surface area contributed by atoms with Gasteiger partial charge in [-0.25, -0.2) is 0 Å². The lowest BCUT2D eigenvalue weighted by Gasteiger charge is -2.45. The third-order valence-corrected chi connectivity index (χ3v) is 5.88. The molecule has 2 fully saturated rings. The molecule has 5 N–H and O–H groups in total. The molecule has 25 heavy (non-hydrogen) atoms. The summed E-state index contributed by atoms with van der Waals surface area (Å²) in [7, 11) is 0. The second-order valence-corrected chi connectivity index (χ2v) is 8.43. The van der Waals surface area contributed by atoms with E-state index in [1.807, 2.05) is 0 Å². The third-order valence-electron chi connectivity index (χ3n) is 5.88. The van der Waals surface area contributed by atoms with Gasteiger partial charge in [-0.1, -0.05) is 20.8 Å². The van der Waals surface area contributed by atoms with Gasteiger partial charge >= 0.3 is 0 Å². The number of rotatable bonds is 6. The fraction of sp³-hybridized carbons (Fsp3) is 1.00. The lowest BCUT2D eigenvalue weighted by Crippen LogP contribution is -2.54. The summed E-state index contributed by atoms with van der Waals surface area (Å²) in [6.07, 6.45) is -2.67. The molecule has 0 aromatic rings. The van der Waals surface area contributed by atoms with Crippen LogP contribution in [-0.4, -0.2) is 75.6 Å². The van der Waals surface area contributed by atoms with Gasteiger partial charge in [-0.3, -0.25) is 0 Å². The van der Waals surface area contributed by atoms with Crippen LogP contribution in [-0.2, 0) is 9.47 Å². The number of hydrogen-bond donors (Lipinski definition) is 5. The predicted octanol–water partition coefficient (Wildman–Crippen LogP) is 0.0163. The minimum Gasteiger partial charge on any atom is -0.394 e. The first kappa shape index (κ1) is 21.0. The summed E-state index contributed by atoms with van der Waals surface area (Å²) < 4.78 is 10.9. The van der Waals surface area contributed by atoms with E-state index < -0.39 is 30.7 Å². The number of ether oxygens (including phenoxy) is 2. The highest BCUT2D eigenvalue weighted by Crippen LogP contribution is 2.46. The molecular weight excluding hydrogens is 328 g/mol. The van der Waals surface area contributed by atoms with Crippen molar-refractivity contribution in [3.8, 4) is 0 Å². The molecule has 0 radical (unpaired) electrons. The van der Waals surface area contributed by atoms with Crippen molar-refractivity contribution in [3.63, 3.8) is 0 Å². The van der Waals surface area contributed by atoms with E-state index in [2.05, 4.69) is 20.8 Å². The topological polar surface area (TPSA) is 120 Å². The fourth-order valence-corrected chi connectivity index (χ4v) is 4.54. The van der Waals surface area contributed by atoms with Crippen molar-refractivity contribution in [1.82, 2.24) is 0 Å². The first-order chi connectivity index (χ1) is 11.7. The first-order valence-corrected chi connectivity index (χ1v) is 9.26. The largest absolute Gasteiger partial charge is 0.394 e. The van der Waals surface area contributed by atoms with Crippen LogP contribution >= 0.6 is 0 Å². The second kappa shape index (κ2) is 8.61. The Hall–Kier alpha value is -0.280. The standard InChI is InChI=1S/C18H34O7/c1-10-6-11(20)7-18(2,3)13(10)5-4-12(8-19)25-17-16(23)15(22)14(21)9-24-17/h10-17,19-23H,4-9H2,1-3H3/t10-,11+,12-,13+,14-,15+,16-,17+/m1/s1. The molecule has 1 aliphatic heterocycles. The number of aliphatic hydroxyl groups is 5. The van der Waals surface area contributed by atoms with Crippen molar-refractivity contribution < 1.29 is 35.0 Å². The van der Waals surface area contributed by atoms with Crippen molar-refractivity contribution in [1.29, 1.82) is 0 Å². The maximum Gasteiger partial charge on any atom is 0.186 e. The first-order valence-electron chi connectivity index (χ1n) is 9.26. The van der Waals surface area contributed by atoms with Gasteiger partial charge in [0, 0.05) is 0 Å². The Bertz CT molecular complexity index is 416. The highest BCUT2D eigenvalue weighted by molar-refractivity contribution is 4.90. The van der Waals surface area contributed by atoms with E-state index in [-0.39, 0.29) is 24.7 Å². The molecule has 0 amide bonds. The molecule has 1 saturated carbocycles. The van der Waals surface area contributed by atoms with Gasteiger partial charge in [0.05, 0.1) is 25.4 Å². The van der Waals surface area contributed by atoms with Gasteiger partial charge in [-0.05, 0) is 42.9 Å². The molecule has 7 heteroatoms. The molecule has 0 aromatic carbocycles. The van der Waals surface area contributed by atoms with Gasteiger partial charge in [0.15, 0.2) is 6.29 Å². The van der Waals surface area contributed by atoms with Gasteiger partial charge in [0.1, 0.15) is 18.3 Å². The summed E-state index contributed by atoms with van der Waals surface area (Å²) in [5, 5.41) is 48.8. The summed E-state index contributed by atoms with van der Waals surface area (Å²) in [6, 6.07) is 0. The monoisotopic (exact) mass is 362 g/mol. The average molecular weight is 362 g/mol. The van der Waals surface area contributed by atoms with E-state index >= 15 is 0 Å². The Balaban J connectivity index is 1.89. The van der Waals surface area contributed by atoms with Crippen LogP contribution in [0.3, 0.4) is 0 Å². The van der Waals surface area contributed by atoms with E-state index in [0.717, 1.165) is 19.3 Å². The normalized spacial score (nSPS) is 43.0. The van der Waals surface area contributed by atoms with Crippen molar-refractivity contribution >= 4 is 0 Å². The van der Waals surface area contributed by atoms with E-state index in [4.69, 9.17) is 9.47 Å². The smallest absolute Gasteiger partial charge is 0.186 e. The average Bonchev–Trinajstić information content (AvgIpc) is 2.52. The van der Waals surface area contributed by atoms with E-state index in [0.29, 0.717) is 18.3 Å². The summed E-state index contributed by atoms with van der Waals surface area (Å²) in [6.45, 7) is 6.14. The lowest BCUT2D eigenvalue weighted by molar-refractivity contribution is -0.285. The Morgan fingerprint density at radius 1 is 1.16 bits per heavy atom. The van der Waals surface area contributed by atoms with Crippen LogP contribution < -0.4 is 0 Å². The minimum atomic E-state index is -1.35. The predicted molar refractivity (Wildman–Crippen MR) is 90.6 cm³/mol. The van der Waals surface area contributed by atoms with Crippen LogP contribution in [0.25, 0.3) is 0 Å². The zero-order valence-electron chi connectivity index (χ0n) is 15.4. The molecule has 148 valence electrons. The van der Waals surface area contributed by atoms with Crippen LogP contribution in [0.2, 0.25) is 0 Å². The molecule has 7 nitrogen and oxygen atoms in total. The van der Waals surface area contributed by atoms with Crippen molar-refractivity contribution in [3.05, 3.63) is 0 Å². The second-order valence-electron chi connectivity index (χ2n) is 8.43. The summed E-state index contributed by atoms with van der Waals surface area (Å²) in [5.74, 6) is 0.782. The molecule has 1 heterocycles. The van der Waals surface area contributed by atoms with Gasteiger partial charge in [-0.2, -0.15) is 0 Å². The summed E-state index contributed by atoms with van der Waals surface area (Å²) in [5.41, 5.74) is 0.0121. The van der Waals surface area contributed by atoms with E-state index in [1.165, 1.54) is 0 Å². The molecule has 0 bridgehead atoms. The zero-order valence-corrected chi connectivity index (χ0v) is 15.4. The van der Waals surface area contributed by atoms with Crippen molar-refractivity contribution in [2.75, 3.05) is 13.2 Å². The van der Waals surface area contributed by atoms with E-state index in [9.17, 15) is 25.5 Å². The summed E-state index contributed by atoms with van der Waals surface area (Å²) in [4.78, 5) is 0. The summed E-state index contributed by atoms with van der Waals surface area (Å²) >= 11 is 0. The number of hydrogen-bond acceptors (Lipinski definition) is 7. The van der Waals surface area contributed by atoms with Gasteiger partial charge < -0.3 is 35.0 Å². The van der Waals surface area contributed by atoms with Gasteiger partial charge in [0.25, 0.3) is 0 Å². The molecule has 1 aliphatic carbocycles. The molecular formula is C18H34O7. The molecule has 2 aliphatic rings. The molecule has 1 saturated heterocycles.